The lowest BCUT2D eigenvalue weighted by Crippen LogP contribution is -2.15. The topological polar surface area (TPSA) is 99.1 Å². The number of pyridine rings is 1. The van der Waals surface area contributed by atoms with Gasteiger partial charge in [-0.1, -0.05) is 12.2 Å². The smallest absolute Gasteiger partial charge is 0.239 e. The molecule has 0 aromatic carbocycles. The van der Waals surface area contributed by atoms with Gasteiger partial charge in [0.1, 0.15) is 9.88 Å². The Morgan fingerprint density at radius 2 is 2.08 bits per heavy atom. The maximum atomic E-state index is 10.9. The van der Waals surface area contributed by atoms with Crippen LogP contribution in [0, 0.1) is 0 Å². The van der Waals surface area contributed by atoms with Gasteiger partial charge in [-0.3, -0.25) is 4.98 Å². The van der Waals surface area contributed by atoms with Crippen LogP contribution in [0.1, 0.15) is 5.56 Å². The van der Waals surface area contributed by atoms with Crippen molar-refractivity contribution in [2.45, 2.75) is 4.90 Å². The quantitative estimate of drug-likeness (QED) is 0.642. The van der Waals surface area contributed by atoms with Crippen molar-refractivity contribution >= 4 is 27.2 Å². The molecule has 0 saturated carbocycles. The highest BCUT2D eigenvalue weighted by molar-refractivity contribution is 7.89. The Morgan fingerprint density at radius 3 is 2.54 bits per heavy atom. The first-order chi connectivity index (χ1) is 5.91. The third kappa shape index (κ3) is 2.44. The molecule has 0 spiro atoms. The molecule has 0 unspecified atom stereocenters. The highest BCUT2D eigenvalue weighted by Gasteiger charge is 2.09. The van der Waals surface area contributed by atoms with Gasteiger partial charge in [-0.05, 0) is 6.07 Å². The maximum absolute atomic E-state index is 10.9. The van der Waals surface area contributed by atoms with E-state index in [4.69, 9.17) is 10.9 Å². The molecule has 70 valence electrons. The molecule has 0 saturated heterocycles. The molecule has 1 rings (SSSR count). The van der Waals surface area contributed by atoms with Crippen molar-refractivity contribution in [2.75, 3.05) is 0 Å². The summed E-state index contributed by atoms with van der Waals surface area (Å²) in [6.45, 7) is 0. The highest BCUT2D eigenvalue weighted by atomic mass is 32.2. The summed E-state index contributed by atoms with van der Waals surface area (Å²) in [4.78, 5) is 3.63. The summed E-state index contributed by atoms with van der Waals surface area (Å²) in [5.41, 5.74) is 5.66. The third-order valence-electron chi connectivity index (χ3n) is 1.33. The number of nitrogens with zero attached hydrogens (tertiary/aromatic N) is 1. The van der Waals surface area contributed by atoms with Crippen LogP contribution in [0.2, 0.25) is 0 Å². The predicted molar refractivity (Wildman–Crippen MR) is 51.5 cm³/mol. The lowest BCUT2D eigenvalue weighted by atomic mass is 10.3. The molecule has 0 amide bonds. The zero-order valence-corrected chi connectivity index (χ0v) is 8.10. The van der Waals surface area contributed by atoms with Crippen molar-refractivity contribution in [3.05, 3.63) is 24.0 Å². The van der Waals surface area contributed by atoms with E-state index >= 15 is 0 Å². The molecule has 0 radical (unpaired) electrons. The Bertz CT molecular complexity index is 441. The van der Waals surface area contributed by atoms with Gasteiger partial charge in [0.25, 0.3) is 0 Å². The summed E-state index contributed by atoms with van der Waals surface area (Å²) >= 11 is 4.65. The molecule has 0 bridgehead atoms. The van der Waals surface area contributed by atoms with E-state index in [2.05, 4.69) is 17.2 Å². The molecule has 4 N–H and O–H groups in total. The van der Waals surface area contributed by atoms with Gasteiger partial charge >= 0.3 is 0 Å². The van der Waals surface area contributed by atoms with Gasteiger partial charge in [0.05, 0.1) is 0 Å². The first-order valence-corrected chi connectivity index (χ1v) is 5.14. The number of thiocarbonyl (C=S) groups is 1. The number of primary sulfonamides is 1. The van der Waals surface area contributed by atoms with Crippen LogP contribution in [0.25, 0.3) is 0 Å². The molecule has 7 heteroatoms. The normalized spacial score (nSPS) is 11.2. The van der Waals surface area contributed by atoms with E-state index < -0.39 is 10.0 Å². The van der Waals surface area contributed by atoms with Gasteiger partial charge in [-0.15, -0.1) is 0 Å². The minimum Gasteiger partial charge on any atom is -0.389 e. The van der Waals surface area contributed by atoms with Gasteiger partial charge < -0.3 is 5.73 Å². The minimum atomic E-state index is -3.74. The second kappa shape index (κ2) is 3.36. The van der Waals surface area contributed by atoms with E-state index in [0.717, 1.165) is 6.20 Å². The van der Waals surface area contributed by atoms with Gasteiger partial charge in [0.2, 0.25) is 10.0 Å². The monoisotopic (exact) mass is 217 g/mol. The van der Waals surface area contributed by atoms with Crippen molar-refractivity contribution in [3.8, 4) is 0 Å². The van der Waals surface area contributed by atoms with Crippen LogP contribution in [0.3, 0.4) is 0 Å². The van der Waals surface area contributed by atoms with Crippen molar-refractivity contribution in [1.82, 2.24) is 4.98 Å². The van der Waals surface area contributed by atoms with Gasteiger partial charge in [-0.2, -0.15) is 0 Å². The lowest BCUT2D eigenvalue weighted by Gasteiger charge is -2.00. The first kappa shape index (κ1) is 10.0. The molecule has 0 fully saturated rings. The Hall–Kier alpha value is -1.05. The van der Waals surface area contributed by atoms with Crippen LogP contribution in [0.5, 0.6) is 0 Å². The van der Waals surface area contributed by atoms with Crippen LogP contribution in [-0.4, -0.2) is 18.4 Å². The van der Waals surface area contributed by atoms with Gasteiger partial charge in [0.15, 0.2) is 0 Å². The molecule has 1 aromatic heterocycles. The number of rotatable bonds is 2. The zero-order valence-electron chi connectivity index (χ0n) is 6.47. The SMILES string of the molecule is NC(=S)c1cncc(S(N)(=O)=O)c1. The Balaban J connectivity index is 3.29. The largest absolute Gasteiger partial charge is 0.389 e. The summed E-state index contributed by atoms with van der Waals surface area (Å²) in [7, 11) is -3.74. The summed E-state index contributed by atoms with van der Waals surface area (Å²) in [6, 6.07) is 1.28. The maximum Gasteiger partial charge on any atom is 0.239 e. The van der Waals surface area contributed by atoms with Crippen LogP contribution < -0.4 is 10.9 Å². The van der Waals surface area contributed by atoms with E-state index in [9.17, 15) is 8.42 Å². The van der Waals surface area contributed by atoms with Crippen molar-refractivity contribution in [2.24, 2.45) is 10.9 Å². The number of hydrogen-bond donors (Lipinski definition) is 2. The summed E-state index contributed by atoms with van der Waals surface area (Å²) in [6.07, 6.45) is 2.51. The first-order valence-electron chi connectivity index (χ1n) is 3.19. The molecule has 1 heterocycles. The van der Waals surface area contributed by atoms with Crippen molar-refractivity contribution in [1.29, 1.82) is 0 Å². The Kier molecular flexibility index (Phi) is 2.60. The Morgan fingerprint density at radius 1 is 1.46 bits per heavy atom. The van der Waals surface area contributed by atoms with E-state index in [1.165, 1.54) is 12.3 Å². The van der Waals surface area contributed by atoms with Crippen molar-refractivity contribution in [3.63, 3.8) is 0 Å². The summed E-state index contributed by atoms with van der Waals surface area (Å²) < 4.78 is 21.7. The number of aromatic nitrogens is 1. The second-order valence-corrected chi connectivity index (χ2v) is 4.32. The molecule has 0 aliphatic heterocycles. The molecule has 5 nitrogen and oxygen atoms in total. The molecule has 0 aliphatic carbocycles. The average Bonchev–Trinajstić information content (AvgIpc) is 2.03. The average molecular weight is 217 g/mol. The number of sulfonamides is 1. The lowest BCUT2D eigenvalue weighted by molar-refractivity contribution is 0.597. The summed E-state index contributed by atoms with van der Waals surface area (Å²) in [5, 5.41) is 4.87. The molecule has 0 aliphatic rings. The van der Waals surface area contributed by atoms with Crippen LogP contribution in [0.4, 0.5) is 0 Å². The zero-order chi connectivity index (χ0) is 10.1. The van der Waals surface area contributed by atoms with Crippen LogP contribution >= 0.6 is 12.2 Å². The fourth-order valence-corrected chi connectivity index (χ4v) is 1.32. The fraction of sp³-hybridized carbons (Fsp3) is 0. The molecule has 0 atom stereocenters. The van der Waals surface area contributed by atoms with E-state index in [1.54, 1.807) is 0 Å². The minimum absolute atomic E-state index is 0.0815. The van der Waals surface area contributed by atoms with E-state index in [-0.39, 0.29) is 9.88 Å². The molecular weight excluding hydrogens is 210 g/mol. The standard InChI is InChI=1S/C6H7N3O2S2/c7-6(12)4-1-5(3-9-2-4)13(8,10)11/h1-3H,(H2,7,12)(H2,8,10,11). The van der Waals surface area contributed by atoms with E-state index in [1.807, 2.05) is 0 Å². The molecule has 13 heavy (non-hydrogen) atoms. The third-order valence-corrected chi connectivity index (χ3v) is 2.44. The van der Waals surface area contributed by atoms with Gasteiger partial charge in [-0.25, -0.2) is 13.6 Å². The number of hydrogen-bond acceptors (Lipinski definition) is 4. The Labute approximate surface area is 80.8 Å². The van der Waals surface area contributed by atoms with Crippen LogP contribution in [0.15, 0.2) is 23.4 Å². The van der Waals surface area contributed by atoms with E-state index in [0.29, 0.717) is 5.56 Å². The highest BCUT2D eigenvalue weighted by Crippen LogP contribution is 2.06. The molecule has 1 aromatic rings. The fourth-order valence-electron chi connectivity index (χ4n) is 0.709. The molecular formula is C6H7N3O2S2. The van der Waals surface area contributed by atoms with Crippen molar-refractivity contribution < 1.29 is 8.42 Å². The van der Waals surface area contributed by atoms with Gasteiger partial charge in [0, 0.05) is 18.0 Å². The predicted octanol–water partition coefficient (Wildman–Crippen LogP) is -0.637. The summed E-state index contributed by atoms with van der Waals surface area (Å²) in [5.74, 6) is 0. The number of nitrogens with two attached hydrogens (primary N) is 2. The second-order valence-electron chi connectivity index (χ2n) is 2.32. The van der Waals surface area contributed by atoms with Crippen LogP contribution in [-0.2, 0) is 10.0 Å².